The Morgan fingerprint density at radius 1 is 0.872 bits per heavy atom. The molecule has 47 heavy (non-hydrogen) atoms. The van der Waals surface area contributed by atoms with Gasteiger partial charge in [-0.1, -0.05) is 80.5 Å². The molecule has 0 saturated heterocycles. The SMILES string of the molecule is CC(=O)c1ccc(CO[Si](C(C)C)(C(C)C)C(C)C)c2c(C)c(C(=O)Nc3ccc4c(CO[Si](C)(C)C(C)(C)C)cccc4n3)sc12. The van der Waals surface area contributed by atoms with Crippen LogP contribution in [-0.4, -0.2) is 33.3 Å². The molecule has 0 aliphatic heterocycles. The van der Waals surface area contributed by atoms with Crippen LogP contribution in [0.15, 0.2) is 42.5 Å². The summed E-state index contributed by atoms with van der Waals surface area (Å²) in [4.78, 5) is 31.9. The highest BCUT2D eigenvalue weighted by Crippen LogP contribution is 2.44. The third-order valence-corrected chi connectivity index (χ3v) is 22.3. The van der Waals surface area contributed by atoms with Crippen molar-refractivity contribution in [2.45, 2.75) is 124 Å². The number of Topliss-reactive ketones (excluding diaryl/α,β-unsaturated/α-hetero) is 1. The lowest BCUT2D eigenvalue weighted by Gasteiger charge is -2.42. The molecule has 0 saturated carbocycles. The van der Waals surface area contributed by atoms with Crippen LogP contribution in [0.25, 0.3) is 21.0 Å². The van der Waals surface area contributed by atoms with E-state index in [0.717, 1.165) is 37.7 Å². The van der Waals surface area contributed by atoms with Gasteiger partial charge in [-0.25, -0.2) is 4.98 Å². The maximum absolute atomic E-state index is 13.8. The van der Waals surface area contributed by atoms with E-state index in [9.17, 15) is 9.59 Å². The largest absolute Gasteiger partial charge is 0.413 e. The zero-order valence-electron chi connectivity index (χ0n) is 30.7. The number of nitrogens with zero attached hydrogens (tertiary/aromatic N) is 1. The summed E-state index contributed by atoms with van der Waals surface area (Å²) in [6.45, 7) is 29.5. The van der Waals surface area contributed by atoms with Crippen LogP contribution in [0.1, 0.15) is 106 Å². The van der Waals surface area contributed by atoms with Crippen molar-refractivity contribution in [2.24, 2.45) is 0 Å². The molecule has 2 heterocycles. The van der Waals surface area contributed by atoms with Crippen LogP contribution >= 0.6 is 11.3 Å². The molecule has 0 aliphatic rings. The maximum Gasteiger partial charge on any atom is 0.267 e. The zero-order chi connectivity index (χ0) is 35.1. The number of carbonyl (C=O) groups is 2. The molecule has 0 radical (unpaired) electrons. The molecule has 6 nitrogen and oxygen atoms in total. The first kappa shape index (κ1) is 37.1. The Hall–Kier alpha value is -2.70. The molecule has 0 aliphatic carbocycles. The first-order valence-electron chi connectivity index (χ1n) is 16.9. The predicted octanol–water partition coefficient (Wildman–Crippen LogP) is 11.4. The third kappa shape index (κ3) is 7.34. The molecule has 0 fully saturated rings. The van der Waals surface area contributed by atoms with Gasteiger partial charge >= 0.3 is 0 Å². The molecule has 0 bridgehead atoms. The Morgan fingerprint density at radius 3 is 2.06 bits per heavy atom. The number of ketones is 1. The first-order valence-corrected chi connectivity index (χ1v) is 22.7. The van der Waals surface area contributed by atoms with Crippen LogP contribution in [0, 0.1) is 6.92 Å². The van der Waals surface area contributed by atoms with E-state index in [2.05, 4.69) is 86.8 Å². The van der Waals surface area contributed by atoms with Crippen LogP contribution in [0.4, 0.5) is 5.82 Å². The highest BCUT2D eigenvalue weighted by molar-refractivity contribution is 7.21. The van der Waals surface area contributed by atoms with Gasteiger partial charge in [0.2, 0.25) is 8.32 Å². The van der Waals surface area contributed by atoms with Gasteiger partial charge in [-0.3, -0.25) is 9.59 Å². The fourth-order valence-electron chi connectivity index (χ4n) is 6.81. The Morgan fingerprint density at radius 2 is 1.49 bits per heavy atom. The van der Waals surface area contributed by atoms with E-state index in [0.29, 0.717) is 46.1 Å². The summed E-state index contributed by atoms with van der Waals surface area (Å²) < 4.78 is 14.3. The summed E-state index contributed by atoms with van der Waals surface area (Å²) in [5.41, 5.74) is 5.77. The second-order valence-corrected chi connectivity index (χ2v) is 26.7. The summed E-state index contributed by atoms with van der Waals surface area (Å²) in [6, 6.07) is 13.8. The average Bonchev–Trinajstić information content (AvgIpc) is 3.32. The van der Waals surface area contributed by atoms with Crippen molar-refractivity contribution in [3.63, 3.8) is 0 Å². The highest BCUT2D eigenvalue weighted by Gasteiger charge is 2.45. The van der Waals surface area contributed by atoms with Crippen LogP contribution in [0.3, 0.4) is 0 Å². The number of benzene rings is 2. The monoisotopic (exact) mass is 690 g/mol. The fourth-order valence-corrected chi connectivity index (χ4v) is 14.5. The zero-order valence-corrected chi connectivity index (χ0v) is 33.5. The van der Waals surface area contributed by atoms with Gasteiger partial charge in [0.1, 0.15) is 5.82 Å². The Bertz CT molecular complexity index is 1760. The van der Waals surface area contributed by atoms with Crippen molar-refractivity contribution in [1.82, 2.24) is 4.98 Å². The summed E-state index contributed by atoms with van der Waals surface area (Å²) in [5, 5.41) is 5.13. The number of amides is 1. The summed E-state index contributed by atoms with van der Waals surface area (Å²) in [7, 11) is -4.04. The molecule has 1 amide bonds. The van der Waals surface area contributed by atoms with Gasteiger partial charge in [-0.2, -0.15) is 0 Å². The Balaban J connectivity index is 1.66. The molecule has 4 rings (SSSR count). The van der Waals surface area contributed by atoms with Gasteiger partial charge in [0, 0.05) is 21.0 Å². The van der Waals surface area contributed by atoms with Crippen molar-refractivity contribution in [1.29, 1.82) is 0 Å². The number of aromatic nitrogens is 1. The number of carbonyl (C=O) groups excluding carboxylic acids is 2. The van der Waals surface area contributed by atoms with Crippen molar-refractivity contribution >= 4 is 66.5 Å². The lowest BCUT2D eigenvalue weighted by Crippen LogP contribution is -2.47. The number of fused-ring (bicyclic) bond motifs is 2. The molecule has 2 aromatic carbocycles. The van der Waals surface area contributed by atoms with E-state index >= 15 is 0 Å². The van der Waals surface area contributed by atoms with Crippen LogP contribution in [-0.2, 0) is 22.1 Å². The number of rotatable bonds is 12. The lowest BCUT2D eigenvalue weighted by atomic mass is 10.0. The normalized spacial score (nSPS) is 13.0. The van der Waals surface area contributed by atoms with Gasteiger partial charge in [-0.15, -0.1) is 11.3 Å². The number of hydrogen-bond acceptors (Lipinski definition) is 6. The van der Waals surface area contributed by atoms with E-state index in [1.165, 1.54) is 11.3 Å². The van der Waals surface area contributed by atoms with Crippen molar-refractivity contribution in [2.75, 3.05) is 5.32 Å². The topological polar surface area (TPSA) is 77.5 Å². The number of anilines is 1. The lowest BCUT2D eigenvalue weighted by molar-refractivity contribution is 0.101. The minimum absolute atomic E-state index is 0.0181. The van der Waals surface area contributed by atoms with E-state index in [1.807, 2.05) is 43.3 Å². The fraction of sp³-hybridized carbons (Fsp3) is 0.500. The minimum atomic E-state index is -2.12. The molecule has 9 heteroatoms. The van der Waals surface area contributed by atoms with E-state index < -0.39 is 16.6 Å². The summed E-state index contributed by atoms with van der Waals surface area (Å²) in [5.74, 6) is 0.235. The van der Waals surface area contributed by atoms with Gasteiger partial charge in [-0.05, 0) is 89.6 Å². The van der Waals surface area contributed by atoms with Gasteiger partial charge in [0.05, 0.1) is 23.6 Å². The standard InChI is InChI=1S/C38H54N2O4SSi2/c1-23(2)47(24(3)4,25(5)6)44-22-29-17-18-30(27(8)41)36-34(29)26(7)35(45-36)37(42)40-33-20-19-31-28(15-14-16-32(31)39-33)21-43-46(12,13)38(9,10)11/h14-20,23-25H,21-22H2,1-13H3,(H,39,40,42). The predicted molar refractivity (Wildman–Crippen MR) is 204 cm³/mol. The van der Waals surface area contributed by atoms with Crippen molar-refractivity contribution in [3.05, 3.63) is 69.6 Å². The van der Waals surface area contributed by atoms with Crippen LogP contribution < -0.4 is 5.32 Å². The number of nitrogens with one attached hydrogen (secondary N) is 1. The second-order valence-electron chi connectivity index (χ2n) is 15.4. The minimum Gasteiger partial charge on any atom is -0.413 e. The molecular formula is C38H54N2O4SSi2. The maximum atomic E-state index is 13.8. The van der Waals surface area contributed by atoms with Crippen molar-refractivity contribution in [3.8, 4) is 0 Å². The van der Waals surface area contributed by atoms with Gasteiger partial charge in [0.15, 0.2) is 14.1 Å². The first-order chi connectivity index (χ1) is 21.8. The summed E-state index contributed by atoms with van der Waals surface area (Å²) in [6.07, 6.45) is 0. The average molecular weight is 691 g/mol. The van der Waals surface area contributed by atoms with Crippen molar-refractivity contribution < 1.29 is 18.4 Å². The Labute approximate surface area is 287 Å². The molecule has 2 aromatic heterocycles. The molecule has 4 aromatic rings. The van der Waals surface area contributed by atoms with E-state index in [1.54, 1.807) is 6.92 Å². The smallest absolute Gasteiger partial charge is 0.267 e. The van der Waals surface area contributed by atoms with E-state index in [4.69, 9.17) is 13.8 Å². The number of pyridine rings is 1. The highest BCUT2D eigenvalue weighted by atomic mass is 32.1. The molecule has 0 spiro atoms. The third-order valence-electron chi connectivity index (χ3n) is 10.4. The molecule has 0 atom stereocenters. The van der Waals surface area contributed by atoms with Gasteiger partial charge in [0.25, 0.3) is 5.91 Å². The summed E-state index contributed by atoms with van der Waals surface area (Å²) >= 11 is 1.37. The molecular weight excluding hydrogens is 637 g/mol. The molecule has 0 unspecified atom stereocenters. The molecule has 254 valence electrons. The quantitative estimate of drug-likeness (QED) is 0.118. The molecule has 1 N–H and O–H groups in total. The van der Waals surface area contributed by atoms with Crippen LogP contribution in [0.5, 0.6) is 0 Å². The number of aryl methyl sites for hydroxylation is 1. The second kappa shape index (κ2) is 14.0. The van der Waals surface area contributed by atoms with Crippen LogP contribution in [0.2, 0.25) is 34.8 Å². The Kier molecular flexibility index (Phi) is 11.1. The number of thiophene rings is 1. The number of hydrogen-bond donors (Lipinski definition) is 1. The van der Waals surface area contributed by atoms with Gasteiger partial charge < -0.3 is 14.2 Å². The van der Waals surface area contributed by atoms with E-state index in [-0.39, 0.29) is 16.7 Å².